The molecule has 10 nitrogen and oxygen atoms in total. The van der Waals surface area contributed by atoms with Crippen LogP contribution in [0.1, 0.15) is 23.2 Å². The molecule has 3 heterocycles. The van der Waals surface area contributed by atoms with E-state index in [1.54, 1.807) is 54.4 Å². The molecule has 0 aliphatic heterocycles. The van der Waals surface area contributed by atoms with Crippen LogP contribution in [0.25, 0.3) is 16.9 Å². The van der Waals surface area contributed by atoms with Gasteiger partial charge in [0.1, 0.15) is 5.82 Å². The zero-order chi connectivity index (χ0) is 26.5. The third-order valence-electron chi connectivity index (χ3n) is 6.00. The molecule has 2 N–H and O–H groups in total. The average Bonchev–Trinajstić information content (AvgIpc) is 3.42. The van der Waals surface area contributed by atoms with Crippen molar-refractivity contribution in [1.29, 1.82) is 0 Å². The van der Waals surface area contributed by atoms with Gasteiger partial charge in [-0.1, -0.05) is 24.3 Å². The summed E-state index contributed by atoms with van der Waals surface area (Å²) in [5, 5.41) is 10.9. The Kier molecular flexibility index (Phi) is 7.12. The molecule has 0 saturated carbocycles. The van der Waals surface area contributed by atoms with Gasteiger partial charge in [0.25, 0.3) is 11.8 Å². The fourth-order valence-corrected chi connectivity index (χ4v) is 4.10. The highest BCUT2D eigenvalue weighted by molar-refractivity contribution is 5.95. The Labute approximate surface area is 219 Å². The number of anilines is 2. The van der Waals surface area contributed by atoms with Crippen molar-refractivity contribution in [3.63, 3.8) is 0 Å². The van der Waals surface area contributed by atoms with Crippen LogP contribution in [0.2, 0.25) is 0 Å². The number of carbonyl (C=O) groups excluding carboxylic acids is 2. The third kappa shape index (κ3) is 5.39. The monoisotopic (exact) mass is 510 g/mol. The molecule has 1 aromatic carbocycles. The van der Waals surface area contributed by atoms with Gasteiger partial charge in [-0.15, -0.1) is 0 Å². The van der Waals surface area contributed by atoms with Gasteiger partial charge >= 0.3 is 0 Å². The smallest absolute Gasteiger partial charge is 0.258 e. The lowest BCUT2D eigenvalue weighted by Crippen LogP contribution is -2.24. The number of imidazole rings is 1. The van der Waals surface area contributed by atoms with Gasteiger partial charge in [0.05, 0.1) is 25.6 Å². The first-order valence-electron chi connectivity index (χ1n) is 12.0. The lowest BCUT2D eigenvalue weighted by molar-refractivity contribution is -0.113. The van der Waals surface area contributed by atoms with Gasteiger partial charge in [-0.2, -0.15) is 10.1 Å². The Morgan fingerprint density at radius 1 is 1.11 bits per heavy atom. The van der Waals surface area contributed by atoms with Crippen molar-refractivity contribution < 1.29 is 19.1 Å². The molecule has 38 heavy (non-hydrogen) atoms. The van der Waals surface area contributed by atoms with E-state index < -0.39 is 0 Å². The van der Waals surface area contributed by atoms with Crippen molar-refractivity contribution in [1.82, 2.24) is 24.9 Å². The summed E-state index contributed by atoms with van der Waals surface area (Å²) in [5.74, 6) is 1.36. The van der Waals surface area contributed by atoms with Crippen LogP contribution in [0.15, 0.2) is 78.7 Å². The molecule has 192 valence electrons. The number of ether oxygens (including phenoxy) is 2. The first-order valence-corrected chi connectivity index (χ1v) is 12.0. The third-order valence-corrected chi connectivity index (χ3v) is 6.00. The van der Waals surface area contributed by atoms with Crippen LogP contribution in [0, 0.1) is 0 Å². The number of benzene rings is 1. The predicted molar refractivity (Wildman–Crippen MR) is 143 cm³/mol. The number of amides is 1. The van der Waals surface area contributed by atoms with E-state index in [1.807, 2.05) is 30.4 Å². The molecule has 0 bridgehead atoms. The van der Waals surface area contributed by atoms with E-state index in [-0.39, 0.29) is 11.7 Å². The van der Waals surface area contributed by atoms with Crippen LogP contribution in [0.4, 0.5) is 11.5 Å². The summed E-state index contributed by atoms with van der Waals surface area (Å²) in [6.45, 7) is 0.447. The van der Waals surface area contributed by atoms with Gasteiger partial charge in [0.2, 0.25) is 0 Å². The summed E-state index contributed by atoms with van der Waals surface area (Å²) in [4.78, 5) is 33.0. The van der Waals surface area contributed by atoms with Crippen molar-refractivity contribution in [2.45, 2.75) is 12.8 Å². The summed E-state index contributed by atoms with van der Waals surface area (Å²) >= 11 is 0. The summed E-state index contributed by atoms with van der Waals surface area (Å²) in [6.07, 6.45) is 9.88. The van der Waals surface area contributed by atoms with Crippen molar-refractivity contribution in [3.05, 3.63) is 84.2 Å². The predicted octanol–water partition coefficient (Wildman–Crippen LogP) is 4.13. The normalized spacial score (nSPS) is 12.8. The first-order chi connectivity index (χ1) is 18.5. The van der Waals surface area contributed by atoms with E-state index in [9.17, 15) is 9.59 Å². The topological polar surface area (TPSA) is 120 Å². The van der Waals surface area contributed by atoms with Crippen LogP contribution in [-0.2, 0) is 4.79 Å². The maximum Gasteiger partial charge on any atom is 0.258 e. The number of carbonyl (C=O) groups is 2. The summed E-state index contributed by atoms with van der Waals surface area (Å²) in [5.41, 5.74) is 4.31. The van der Waals surface area contributed by atoms with E-state index in [1.165, 1.54) is 7.11 Å². The molecule has 1 aliphatic carbocycles. The quantitative estimate of drug-likeness (QED) is 0.345. The highest BCUT2D eigenvalue weighted by Crippen LogP contribution is 2.30. The Balaban J connectivity index is 1.32. The minimum absolute atomic E-state index is 0.0882. The van der Waals surface area contributed by atoms with Gasteiger partial charge < -0.3 is 20.1 Å². The Morgan fingerprint density at radius 2 is 1.95 bits per heavy atom. The lowest BCUT2D eigenvalue weighted by atomic mass is 10.0. The van der Waals surface area contributed by atoms with E-state index in [0.717, 1.165) is 11.1 Å². The minimum Gasteiger partial charge on any atom is -0.491 e. The number of pyridine rings is 1. The second kappa shape index (κ2) is 11.0. The second-order valence-electron chi connectivity index (χ2n) is 8.55. The number of hydrogen-bond donors (Lipinski definition) is 2. The van der Waals surface area contributed by atoms with Crippen LogP contribution in [-0.4, -0.2) is 52.0 Å². The van der Waals surface area contributed by atoms with Crippen LogP contribution >= 0.6 is 0 Å². The molecule has 1 aliphatic rings. The fraction of sp³-hybridized carbons (Fsp3) is 0.179. The molecule has 1 amide bonds. The van der Waals surface area contributed by atoms with E-state index in [4.69, 9.17) is 9.47 Å². The molecule has 4 aromatic rings. The zero-order valence-corrected chi connectivity index (χ0v) is 21.0. The number of nitrogens with zero attached hydrogens (tertiary/aromatic N) is 4. The largest absolute Gasteiger partial charge is 0.491 e. The molecule has 0 spiro atoms. The van der Waals surface area contributed by atoms with E-state index in [0.29, 0.717) is 59.4 Å². The SMILES string of the molecule is COc1ccc(Nc2cc(-c3ccc(C(=O)NCCC4=CC(=O)CC=C4)cc3)nn3ccnc23)nc1OC. The highest BCUT2D eigenvalue weighted by atomic mass is 16.5. The van der Waals surface area contributed by atoms with Crippen LogP contribution in [0.3, 0.4) is 0 Å². The number of ketones is 1. The number of fused-ring (bicyclic) bond motifs is 1. The van der Waals surface area contributed by atoms with Crippen molar-refractivity contribution >= 4 is 28.8 Å². The molecule has 0 saturated heterocycles. The standard InChI is InChI=1S/C28H26N6O4/c1-37-24-10-11-25(32-28(24)38-2)31-23-17-22(33-34-15-14-29-26(23)34)19-6-8-20(9-7-19)27(36)30-13-12-18-4-3-5-21(35)16-18/h3-4,6-11,14-17H,5,12-13H2,1-2H3,(H,30,36)(H,31,32). The average molecular weight is 511 g/mol. The van der Waals surface area contributed by atoms with Gasteiger partial charge in [0.15, 0.2) is 17.2 Å². The number of rotatable bonds is 9. The van der Waals surface area contributed by atoms with Crippen molar-refractivity contribution in [3.8, 4) is 22.9 Å². The number of methoxy groups -OCH3 is 2. The van der Waals surface area contributed by atoms with Crippen molar-refractivity contribution in [2.75, 3.05) is 26.1 Å². The molecule has 3 aromatic heterocycles. The minimum atomic E-state index is -0.178. The molecular weight excluding hydrogens is 484 g/mol. The van der Waals surface area contributed by atoms with Gasteiger partial charge in [-0.25, -0.2) is 9.50 Å². The van der Waals surface area contributed by atoms with Gasteiger partial charge in [0, 0.05) is 36.5 Å². The zero-order valence-electron chi connectivity index (χ0n) is 21.0. The summed E-state index contributed by atoms with van der Waals surface area (Å²) in [6, 6.07) is 12.7. The fourth-order valence-electron chi connectivity index (χ4n) is 4.10. The second-order valence-corrected chi connectivity index (χ2v) is 8.55. The van der Waals surface area contributed by atoms with Crippen LogP contribution < -0.4 is 20.1 Å². The lowest BCUT2D eigenvalue weighted by Gasteiger charge is -2.12. The maximum absolute atomic E-state index is 12.6. The summed E-state index contributed by atoms with van der Waals surface area (Å²) < 4.78 is 12.3. The van der Waals surface area contributed by atoms with Crippen molar-refractivity contribution in [2.24, 2.45) is 0 Å². The molecule has 10 heteroatoms. The molecule has 0 radical (unpaired) electrons. The Hall–Kier alpha value is -4.99. The number of allylic oxidation sites excluding steroid dienone is 3. The highest BCUT2D eigenvalue weighted by Gasteiger charge is 2.13. The number of hydrogen-bond acceptors (Lipinski definition) is 8. The molecular formula is C28H26N6O4. The van der Waals surface area contributed by atoms with E-state index >= 15 is 0 Å². The summed E-state index contributed by atoms with van der Waals surface area (Å²) in [7, 11) is 3.09. The molecule has 0 fully saturated rings. The Bertz CT molecular complexity index is 1560. The molecule has 0 unspecified atom stereocenters. The first kappa shape index (κ1) is 24.7. The van der Waals surface area contributed by atoms with Crippen LogP contribution in [0.5, 0.6) is 11.6 Å². The van der Waals surface area contributed by atoms with Gasteiger partial charge in [-0.3, -0.25) is 9.59 Å². The Morgan fingerprint density at radius 3 is 2.71 bits per heavy atom. The number of nitrogens with one attached hydrogen (secondary N) is 2. The molecule has 5 rings (SSSR count). The molecule has 0 atom stereocenters. The van der Waals surface area contributed by atoms with E-state index in [2.05, 4.69) is 25.7 Å². The maximum atomic E-state index is 12.6. The van der Waals surface area contributed by atoms with Gasteiger partial charge in [-0.05, 0) is 48.4 Å². The number of aromatic nitrogens is 4.